The molecule has 3 heteroatoms. The molecule has 88 valence electrons. The monoisotopic (exact) mass is 309 g/mol. The predicted octanol–water partition coefficient (Wildman–Crippen LogP) is 4.41. The van der Waals surface area contributed by atoms with Gasteiger partial charge in [-0.25, -0.2) is 0 Å². The maximum atomic E-state index is 6.26. The molecule has 0 saturated carbocycles. The molecular formula is C14H13BrClN. The standard InChI is InChI=1S/C14H13BrClN/c1-17-14(10-5-3-2-4-6-10)12-9-11(15)7-8-13(12)16/h2-9,14,17H,1H3. The molecule has 1 unspecified atom stereocenters. The molecule has 0 aliphatic carbocycles. The van der Waals surface area contributed by atoms with Crippen LogP contribution in [0.5, 0.6) is 0 Å². The molecule has 2 aromatic rings. The van der Waals surface area contributed by atoms with Crippen LogP contribution in [-0.4, -0.2) is 7.05 Å². The fourth-order valence-corrected chi connectivity index (χ4v) is 2.49. The molecule has 2 rings (SSSR count). The Morgan fingerprint density at radius 2 is 1.82 bits per heavy atom. The first-order chi connectivity index (χ1) is 8.22. The lowest BCUT2D eigenvalue weighted by Gasteiger charge is -2.18. The summed E-state index contributed by atoms with van der Waals surface area (Å²) in [5, 5.41) is 4.07. The van der Waals surface area contributed by atoms with Gasteiger partial charge < -0.3 is 5.32 Å². The third kappa shape index (κ3) is 2.89. The fourth-order valence-electron chi connectivity index (χ4n) is 1.88. The largest absolute Gasteiger partial charge is 0.309 e. The van der Waals surface area contributed by atoms with Crippen molar-refractivity contribution < 1.29 is 0 Å². The maximum absolute atomic E-state index is 6.26. The first-order valence-corrected chi connectivity index (χ1v) is 6.56. The first-order valence-electron chi connectivity index (χ1n) is 5.39. The molecule has 0 aliphatic rings. The van der Waals surface area contributed by atoms with E-state index in [0.717, 1.165) is 15.1 Å². The number of rotatable bonds is 3. The fraction of sp³-hybridized carbons (Fsp3) is 0.143. The van der Waals surface area contributed by atoms with E-state index in [1.165, 1.54) is 5.56 Å². The average Bonchev–Trinajstić information content (AvgIpc) is 2.36. The molecular weight excluding hydrogens is 298 g/mol. The first kappa shape index (κ1) is 12.6. The Labute approximate surface area is 115 Å². The summed E-state index contributed by atoms with van der Waals surface area (Å²) in [6, 6.07) is 16.3. The van der Waals surface area contributed by atoms with Crippen molar-refractivity contribution in [3.63, 3.8) is 0 Å². The minimum absolute atomic E-state index is 0.112. The zero-order chi connectivity index (χ0) is 12.3. The smallest absolute Gasteiger partial charge is 0.0589 e. The average molecular weight is 311 g/mol. The number of hydrogen-bond acceptors (Lipinski definition) is 1. The molecule has 1 atom stereocenters. The molecule has 0 amide bonds. The van der Waals surface area contributed by atoms with Crippen molar-refractivity contribution in [1.29, 1.82) is 0 Å². The summed E-state index contributed by atoms with van der Waals surface area (Å²) >= 11 is 9.74. The van der Waals surface area contributed by atoms with Crippen LogP contribution in [0.25, 0.3) is 0 Å². The normalized spacial score (nSPS) is 12.4. The molecule has 0 bridgehead atoms. The van der Waals surface area contributed by atoms with Gasteiger partial charge in [0, 0.05) is 9.50 Å². The van der Waals surface area contributed by atoms with Crippen LogP contribution in [0.3, 0.4) is 0 Å². The highest BCUT2D eigenvalue weighted by atomic mass is 79.9. The summed E-state index contributed by atoms with van der Waals surface area (Å²) < 4.78 is 1.04. The molecule has 0 heterocycles. The van der Waals surface area contributed by atoms with Gasteiger partial charge in [-0.2, -0.15) is 0 Å². The zero-order valence-corrected chi connectivity index (χ0v) is 11.8. The van der Waals surface area contributed by atoms with E-state index in [-0.39, 0.29) is 6.04 Å². The van der Waals surface area contributed by atoms with Crippen molar-refractivity contribution in [3.8, 4) is 0 Å². The highest BCUT2D eigenvalue weighted by Crippen LogP contribution is 2.30. The lowest BCUT2D eigenvalue weighted by molar-refractivity contribution is 0.691. The quantitative estimate of drug-likeness (QED) is 0.885. The third-order valence-electron chi connectivity index (χ3n) is 2.69. The molecule has 1 nitrogen and oxygen atoms in total. The van der Waals surface area contributed by atoms with Crippen LogP contribution in [0.4, 0.5) is 0 Å². The molecule has 0 radical (unpaired) electrons. The van der Waals surface area contributed by atoms with E-state index in [4.69, 9.17) is 11.6 Å². The Bertz CT molecular complexity index is 499. The van der Waals surface area contributed by atoms with Gasteiger partial charge in [-0.1, -0.05) is 57.9 Å². The predicted molar refractivity (Wildman–Crippen MR) is 76.5 cm³/mol. The van der Waals surface area contributed by atoms with Crippen LogP contribution in [0.15, 0.2) is 53.0 Å². The maximum Gasteiger partial charge on any atom is 0.0589 e. The van der Waals surface area contributed by atoms with E-state index in [1.807, 2.05) is 37.4 Å². The number of benzene rings is 2. The lowest BCUT2D eigenvalue weighted by Crippen LogP contribution is -2.17. The van der Waals surface area contributed by atoms with Gasteiger partial charge in [-0.15, -0.1) is 0 Å². The summed E-state index contributed by atoms with van der Waals surface area (Å²) in [5.74, 6) is 0. The van der Waals surface area contributed by atoms with Crippen molar-refractivity contribution in [3.05, 3.63) is 69.2 Å². The van der Waals surface area contributed by atoms with E-state index < -0.39 is 0 Å². The van der Waals surface area contributed by atoms with Gasteiger partial charge in [0.1, 0.15) is 0 Å². The van der Waals surface area contributed by atoms with Gasteiger partial charge in [0.05, 0.1) is 6.04 Å². The van der Waals surface area contributed by atoms with Gasteiger partial charge in [-0.05, 0) is 36.4 Å². The lowest BCUT2D eigenvalue weighted by atomic mass is 9.99. The van der Waals surface area contributed by atoms with Gasteiger partial charge >= 0.3 is 0 Å². The number of hydrogen-bond donors (Lipinski definition) is 1. The van der Waals surface area contributed by atoms with Crippen molar-refractivity contribution in [2.24, 2.45) is 0 Å². The van der Waals surface area contributed by atoms with E-state index in [1.54, 1.807) is 0 Å². The van der Waals surface area contributed by atoms with Gasteiger partial charge in [0.2, 0.25) is 0 Å². The van der Waals surface area contributed by atoms with E-state index in [0.29, 0.717) is 0 Å². The minimum atomic E-state index is 0.112. The van der Waals surface area contributed by atoms with Gasteiger partial charge in [0.25, 0.3) is 0 Å². The SMILES string of the molecule is CNC(c1ccccc1)c1cc(Br)ccc1Cl. The summed E-state index contributed by atoms with van der Waals surface area (Å²) in [6.45, 7) is 0. The Morgan fingerprint density at radius 3 is 2.47 bits per heavy atom. The van der Waals surface area contributed by atoms with E-state index >= 15 is 0 Å². The Kier molecular flexibility index (Phi) is 4.21. The summed E-state index contributed by atoms with van der Waals surface area (Å²) in [5.41, 5.74) is 2.28. The van der Waals surface area contributed by atoms with Crippen LogP contribution in [0, 0.1) is 0 Å². The van der Waals surface area contributed by atoms with E-state index in [2.05, 4.69) is 39.4 Å². The minimum Gasteiger partial charge on any atom is -0.309 e. The van der Waals surface area contributed by atoms with Gasteiger partial charge in [0.15, 0.2) is 0 Å². The molecule has 0 aromatic heterocycles. The molecule has 0 saturated heterocycles. The second-order valence-corrected chi connectivity index (χ2v) is 5.12. The molecule has 17 heavy (non-hydrogen) atoms. The Morgan fingerprint density at radius 1 is 1.12 bits per heavy atom. The highest BCUT2D eigenvalue weighted by molar-refractivity contribution is 9.10. The summed E-state index contributed by atoms with van der Waals surface area (Å²) in [4.78, 5) is 0. The second-order valence-electron chi connectivity index (χ2n) is 3.80. The molecule has 0 spiro atoms. The topological polar surface area (TPSA) is 12.0 Å². The second kappa shape index (κ2) is 5.67. The number of nitrogens with one attached hydrogen (secondary N) is 1. The van der Waals surface area contributed by atoms with Crippen molar-refractivity contribution in [2.45, 2.75) is 6.04 Å². The summed E-state index contributed by atoms with van der Waals surface area (Å²) in [6.07, 6.45) is 0. The Balaban J connectivity index is 2.46. The van der Waals surface area contributed by atoms with Crippen LogP contribution >= 0.6 is 27.5 Å². The van der Waals surface area contributed by atoms with Crippen LogP contribution in [0.2, 0.25) is 5.02 Å². The zero-order valence-electron chi connectivity index (χ0n) is 9.45. The van der Waals surface area contributed by atoms with Crippen LogP contribution in [0.1, 0.15) is 17.2 Å². The van der Waals surface area contributed by atoms with Crippen LogP contribution in [-0.2, 0) is 0 Å². The summed E-state index contributed by atoms with van der Waals surface area (Å²) in [7, 11) is 1.94. The third-order valence-corrected chi connectivity index (χ3v) is 3.53. The Hall–Kier alpha value is -0.830. The van der Waals surface area contributed by atoms with Crippen molar-refractivity contribution >= 4 is 27.5 Å². The van der Waals surface area contributed by atoms with Crippen LogP contribution < -0.4 is 5.32 Å². The number of halogens is 2. The molecule has 1 N–H and O–H groups in total. The molecule has 0 aliphatic heterocycles. The van der Waals surface area contributed by atoms with Crippen molar-refractivity contribution in [2.75, 3.05) is 7.05 Å². The van der Waals surface area contributed by atoms with E-state index in [9.17, 15) is 0 Å². The molecule has 0 fully saturated rings. The molecule has 2 aromatic carbocycles. The van der Waals surface area contributed by atoms with Crippen molar-refractivity contribution in [1.82, 2.24) is 5.32 Å². The highest BCUT2D eigenvalue weighted by Gasteiger charge is 2.14. The van der Waals surface area contributed by atoms with Gasteiger partial charge in [-0.3, -0.25) is 0 Å².